The van der Waals surface area contributed by atoms with Crippen LogP contribution in [0.5, 0.6) is 5.75 Å². The predicted molar refractivity (Wildman–Crippen MR) is 114 cm³/mol. The highest BCUT2D eigenvalue weighted by Crippen LogP contribution is 2.50. The lowest BCUT2D eigenvalue weighted by molar-refractivity contribution is -0.149. The first kappa shape index (κ1) is 17.7. The van der Waals surface area contributed by atoms with Crippen LogP contribution in [-0.4, -0.2) is 41.0 Å². The zero-order valence-corrected chi connectivity index (χ0v) is 17.9. The number of nitrogens with zero attached hydrogens (tertiary/aromatic N) is 3. The van der Waals surface area contributed by atoms with E-state index in [2.05, 4.69) is 68.5 Å². The molecule has 0 radical (unpaired) electrons. The molecule has 0 bridgehead atoms. The molecule has 1 spiro atoms. The number of benzene rings is 1. The zero-order valence-electron chi connectivity index (χ0n) is 15.5. The number of hydrazone groups is 1. The van der Waals surface area contributed by atoms with Crippen LogP contribution in [0.25, 0.3) is 0 Å². The number of hydrogen-bond donors (Lipinski definition) is 0. The molecule has 3 aliphatic heterocycles. The van der Waals surface area contributed by atoms with E-state index in [1.54, 1.807) is 11.3 Å². The van der Waals surface area contributed by atoms with Crippen molar-refractivity contribution < 1.29 is 4.74 Å². The smallest absolute Gasteiger partial charge is 0.200 e. The standard InChI is InChI=1S/C21H24BrN3OS/c1-2-9-24-10-7-21(8-11-24)25-18(14-17(23-25)20-4-3-12-27-20)16-13-15(22)5-6-19(16)26-21/h3-6,12-13,18H,2,7-11,14H2,1H3/t18-/m1/s1. The summed E-state index contributed by atoms with van der Waals surface area (Å²) in [5.41, 5.74) is 2.14. The van der Waals surface area contributed by atoms with Crippen LogP contribution >= 0.6 is 27.3 Å². The van der Waals surface area contributed by atoms with Gasteiger partial charge in [-0.25, -0.2) is 5.01 Å². The first-order valence-electron chi connectivity index (χ1n) is 9.80. The van der Waals surface area contributed by atoms with Crippen LogP contribution in [0, 0.1) is 0 Å². The fraction of sp³-hybridized carbons (Fsp3) is 0.476. The molecule has 1 atom stereocenters. The van der Waals surface area contributed by atoms with Gasteiger partial charge in [0.05, 0.1) is 16.6 Å². The first-order valence-corrected chi connectivity index (χ1v) is 11.5. The molecule has 142 valence electrons. The fourth-order valence-electron chi connectivity index (χ4n) is 4.62. The summed E-state index contributed by atoms with van der Waals surface area (Å²) >= 11 is 5.41. The van der Waals surface area contributed by atoms with E-state index in [4.69, 9.17) is 9.84 Å². The maximum absolute atomic E-state index is 6.70. The lowest BCUT2D eigenvalue weighted by atomic mass is 9.91. The van der Waals surface area contributed by atoms with Gasteiger partial charge in [0.15, 0.2) is 0 Å². The third-order valence-electron chi connectivity index (χ3n) is 5.94. The van der Waals surface area contributed by atoms with Crippen molar-refractivity contribution in [3.05, 3.63) is 50.6 Å². The second kappa shape index (κ2) is 6.90. The van der Waals surface area contributed by atoms with Gasteiger partial charge in [-0.3, -0.25) is 0 Å². The van der Waals surface area contributed by atoms with Gasteiger partial charge in [0.1, 0.15) is 5.75 Å². The summed E-state index contributed by atoms with van der Waals surface area (Å²) in [5.74, 6) is 1.03. The molecule has 27 heavy (non-hydrogen) atoms. The van der Waals surface area contributed by atoms with Crippen LogP contribution in [0.1, 0.15) is 49.1 Å². The summed E-state index contributed by atoms with van der Waals surface area (Å²) in [4.78, 5) is 3.83. The van der Waals surface area contributed by atoms with Crippen LogP contribution in [0.3, 0.4) is 0 Å². The monoisotopic (exact) mass is 445 g/mol. The van der Waals surface area contributed by atoms with Gasteiger partial charge in [-0.1, -0.05) is 28.9 Å². The maximum atomic E-state index is 6.70. The molecular formula is C21H24BrN3OS. The molecule has 2 aromatic rings. The summed E-state index contributed by atoms with van der Waals surface area (Å²) in [5, 5.41) is 9.57. The number of fused-ring (bicyclic) bond motifs is 4. The molecule has 4 heterocycles. The minimum absolute atomic E-state index is 0.265. The first-order chi connectivity index (χ1) is 13.2. The molecule has 1 fully saturated rings. The second-order valence-electron chi connectivity index (χ2n) is 7.66. The number of ether oxygens (including phenoxy) is 1. The lowest BCUT2D eigenvalue weighted by Gasteiger charge is -2.51. The van der Waals surface area contributed by atoms with Crippen molar-refractivity contribution in [2.75, 3.05) is 19.6 Å². The summed E-state index contributed by atoms with van der Waals surface area (Å²) in [6.07, 6.45) is 4.16. The molecule has 3 aliphatic rings. The largest absolute Gasteiger partial charge is 0.466 e. The molecule has 4 nitrogen and oxygen atoms in total. The fourth-order valence-corrected chi connectivity index (χ4v) is 5.72. The predicted octanol–water partition coefficient (Wildman–Crippen LogP) is 5.26. The lowest BCUT2D eigenvalue weighted by Crippen LogP contribution is -2.59. The van der Waals surface area contributed by atoms with E-state index in [1.807, 2.05) is 0 Å². The normalized spacial score (nSPS) is 23.7. The summed E-state index contributed by atoms with van der Waals surface area (Å²) in [6.45, 7) is 5.58. The third kappa shape index (κ3) is 3.02. The molecule has 0 saturated carbocycles. The summed E-state index contributed by atoms with van der Waals surface area (Å²) < 4.78 is 7.80. The number of halogens is 1. The number of rotatable bonds is 3. The van der Waals surface area contributed by atoms with Gasteiger partial charge >= 0.3 is 0 Å². The Labute approximate surface area is 172 Å². The van der Waals surface area contributed by atoms with E-state index in [0.29, 0.717) is 0 Å². The molecule has 5 rings (SSSR count). The Morgan fingerprint density at radius 2 is 2.15 bits per heavy atom. The molecule has 1 saturated heterocycles. The molecule has 6 heteroatoms. The van der Waals surface area contributed by atoms with E-state index < -0.39 is 0 Å². The Morgan fingerprint density at radius 1 is 1.30 bits per heavy atom. The van der Waals surface area contributed by atoms with Gasteiger partial charge in [-0.15, -0.1) is 11.3 Å². The topological polar surface area (TPSA) is 28.1 Å². The molecule has 0 amide bonds. The van der Waals surface area contributed by atoms with E-state index in [0.717, 1.165) is 42.6 Å². The SMILES string of the molecule is CCCN1CCC2(CC1)Oc1ccc(Br)cc1[C@H]1CC(c3cccs3)=NN12. The molecular weight excluding hydrogens is 422 g/mol. The molecule has 0 unspecified atom stereocenters. The van der Waals surface area contributed by atoms with E-state index in [1.165, 1.54) is 29.1 Å². The average Bonchev–Trinajstić information content (AvgIpc) is 3.34. The van der Waals surface area contributed by atoms with Crippen LogP contribution in [0.15, 0.2) is 45.3 Å². The highest BCUT2D eigenvalue weighted by atomic mass is 79.9. The van der Waals surface area contributed by atoms with Crippen molar-refractivity contribution in [3.8, 4) is 5.75 Å². The van der Waals surface area contributed by atoms with Crippen molar-refractivity contribution in [1.82, 2.24) is 9.91 Å². The Bertz CT molecular complexity index is 858. The Morgan fingerprint density at radius 3 is 2.89 bits per heavy atom. The van der Waals surface area contributed by atoms with E-state index in [9.17, 15) is 0 Å². The van der Waals surface area contributed by atoms with Crippen LogP contribution < -0.4 is 4.74 Å². The van der Waals surface area contributed by atoms with E-state index >= 15 is 0 Å². The highest BCUT2D eigenvalue weighted by molar-refractivity contribution is 9.10. The van der Waals surface area contributed by atoms with Gasteiger partial charge in [-0.2, -0.15) is 5.10 Å². The quantitative estimate of drug-likeness (QED) is 0.644. The number of hydrogen-bond acceptors (Lipinski definition) is 5. The molecule has 0 N–H and O–H groups in total. The van der Waals surface area contributed by atoms with Crippen LogP contribution in [-0.2, 0) is 0 Å². The van der Waals surface area contributed by atoms with Crippen molar-refractivity contribution in [2.45, 2.75) is 44.4 Å². The minimum atomic E-state index is -0.311. The number of thiophene rings is 1. The van der Waals surface area contributed by atoms with Gasteiger partial charge in [0.2, 0.25) is 5.72 Å². The van der Waals surface area contributed by atoms with Gasteiger partial charge in [0, 0.05) is 42.4 Å². The molecule has 1 aromatic heterocycles. The number of piperidine rings is 1. The van der Waals surface area contributed by atoms with Crippen LogP contribution in [0.2, 0.25) is 0 Å². The summed E-state index contributed by atoms with van der Waals surface area (Å²) in [7, 11) is 0. The van der Waals surface area contributed by atoms with Crippen LogP contribution in [0.4, 0.5) is 0 Å². The third-order valence-corrected chi connectivity index (χ3v) is 7.35. The van der Waals surface area contributed by atoms with Gasteiger partial charge in [-0.05, 0) is 42.6 Å². The zero-order chi connectivity index (χ0) is 18.4. The average molecular weight is 446 g/mol. The highest BCUT2D eigenvalue weighted by Gasteiger charge is 2.51. The van der Waals surface area contributed by atoms with E-state index in [-0.39, 0.29) is 11.8 Å². The van der Waals surface area contributed by atoms with Crippen molar-refractivity contribution in [3.63, 3.8) is 0 Å². The molecule has 0 aliphatic carbocycles. The van der Waals surface area contributed by atoms with Crippen molar-refractivity contribution in [1.29, 1.82) is 0 Å². The van der Waals surface area contributed by atoms with Gasteiger partial charge in [0.25, 0.3) is 0 Å². The summed E-state index contributed by atoms with van der Waals surface area (Å²) in [6, 6.07) is 11.0. The Balaban J connectivity index is 1.53. The van der Waals surface area contributed by atoms with Gasteiger partial charge < -0.3 is 9.64 Å². The maximum Gasteiger partial charge on any atom is 0.200 e. The van der Waals surface area contributed by atoms with Crippen molar-refractivity contribution in [2.24, 2.45) is 5.10 Å². The Kier molecular flexibility index (Phi) is 4.53. The minimum Gasteiger partial charge on any atom is -0.466 e. The van der Waals surface area contributed by atoms with Crippen molar-refractivity contribution >= 4 is 33.0 Å². The molecule has 1 aromatic carbocycles. The Hall–Kier alpha value is -1.37. The second-order valence-corrected chi connectivity index (χ2v) is 9.52. The number of likely N-dealkylation sites (tertiary alicyclic amines) is 1.